The molecule has 27 heavy (non-hydrogen) atoms. The van der Waals surface area contributed by atoms with Crippen molar-refractivity contribution in [1.82, 2.24) is 10.0 Å². The van der Waals surface area contributed by atoms with Crippen molar-refractivity contribution in [2.75, 3.05) is 13.7 Å². The number of rotatable bonds is 9. The van der Waals surface area contributed by atoms with Gasteiger partial charge in [0.15, 0.2) is 6.61 Å². The molecule has 1 fully saturated rings. The largest absolute Gasteiger partial charge is 0.495 e. The van der Waals surface area contributed by atoms with Crippen LogP contribution in [0.2, 0.25) is 0 Å². The third kappa shape index (κ3) is 5.93. The van der Waals surface area contributed by atoms with E-state index in [1.54, 1.807) is 0 Å². The lowest BCUT2D eigenvalue weighted by Gasteiger charge is -2.17. The second kappa shape index (κ2) is 8.71. The summed E-state index contributed by atoms with van der Waals surface area (Å²) in [4.78, 5) is 23.9. The molecule has 0 radical (unpaired) electrons. The first-order chi connectivity index (χ1) is 12.6. The Morgan fingerprint density at radius 3 is 2.44 bits per heavy atom. The average Bonchev–Trinajstić information content (AvgIpc) is 3.42. The molecule has 8 nitrogen and oxygen atoms in total. The van der Waals surface area contributed by atoms with Gasteiger partial charge in [0.05, 0.1) is 12.7 Å². The fourth-order valence-corrected chi connectivity index (χ4v) is 3.67. The number of carbonyl (C=O) groups excluding carboxylic acids is 2. The van der Waals surface area contributed by atoms with Gasteiger partial charge in [0.2, 0.25) is 10.0 Å². The van der Waals surface area contributed by atoms with E-state index in [0.717, 1.165) is 12.8 Å². The molecule has 0 aromatic heterocycles. The van der Waals surface area contributed by atoms with Crippen molar-refractivity contribution in [3.8, 4) is 5.75 Å². The summed E-state index contributed by atoms with van der Waals surface area (Å²) in [7, 11) is -2.46. The van der Waals surface area contributed by atoms with Gasteiger partial charge in [-0.1, -0.05) is 13.8 Å². The molecule has 150 valence electrons. The Kier molecular flexibility index (Phi) is 6.83. The summed E-state index contributed by atoms with van der Waals surface area (Å²) in [6.45, 7) is 5.35. The van der Waals surface area contributed by atoms with E-state index >= 15 is 0 Å². The average molecular weight is 398 g/mol. The van der Waals surface area contributed by atoms with Gasteiger partial charge in [0.1, 0.15) is 10.6 Å². The highest BCUT2D eigenvalue weighted by molar-refractivity contribution is 7.89. The Morgan fingerprint density at radius 1 is 1.22 bits per heavy atom. The number of benzene rings is 1. The fraction of sp³-hybridized carbons (Fsp3) is 0.556. The zero-order valence-corrected chi connectivity index (χ0v) is 16.8. The molecule has 1 aliphatic carbocycles. The van der Waals surface area contributed by atoms with Crippen LogP contribution in [0, 0.1) is 5.92 Å². The van der Waals surface area contributed by atoms with Gasteiger partial charge < -0.3 is 14.8 Å². The maximum atomic E-state index is 12.5. The predicted octanol–water partition coefficient (Wildman–Crippen LogP) is 1.45. The van der Waals surface area contributed by atoms with Crippen LogP contribution in [0.4, 0.5) is 0 Å². The number of ether oxygens (including phenoxy) is 2. The van der Waals surface area contributed by atoms with E-state index < -0.39 is 28.5 Å². The molecular formula is C18H26N2O6S. The Hall–Kier alpha value is -2.13. The van der Waals surface area contributed by atoms with Crippen molar-refractivity contribution < 1.29 is 27.5 Å². The van der Waals surface area contributed by atoms with Crippen LogP contribution in [-0.2, 0) is 19.6 Å². The van der Waals surface area contributed by atoms with Crippen molar-refractivity contribution in [3.63, 3.8) is 0 Å². The topological polar surface area (TPSA) is 111 Å². The number of carbonyl (C=O) groups is 2. The molecule has 2 rings (SSSR count). The lowest BCUT2D eigenvalue weighted by atomic mass is 10.1. The molecule has 2 N–H and O–H groups in total. The van der Waals surface area contributed by atoms with Gasteiger partial charge >= 0.3 is 5.97 Å². The lowest BCUT2D eigenvalue weighted by molar-refractivity contribution is -0.125. The van der Waals surface area contributed by atoms with Crippen LogP contribution < -0.4 is 14.8 Å². The van der Waals surface area contributed by atoms with Crippen LogP contribution in [0.15, 0.2) is 23.1 Å². The van der Waals surface area contributed by atoms with E-state index in [-0.39, 0.29) is 34.2 Å². The summed E-state index contributed by atoms with van der Waals surface area (Å²) in [5.74, 6) is -0.824. The third-order valence-corrected chi connectivity index (χ3v) is 5.85. The van der Waals surface area contributed by atoms with Crippen LogP contribution in [0.5, 0.6) is 5.75 Å². The number of hydrogen-bond donors (Lipinski definition) is 2. The molecule has 1 unspecified atom stereocenters. The quantitative estimate of drug-likeness (QED) is 0.609. The molecule has 0 bridgehead atoms. The van der Waals surface area contributed by atoms with Gasteiger partial charge in [-0.15, -0.1) is 0 Å². The second-order valence-electron chi connectivity index (χ2n) is 6.94. The Labute approximate surface area is 159 Å². The minimum Gasteiger partial charge on any atom is -0.495 e. The van der Waals surface area contributed by atoms with E-state index in [0.29, 0.717) is 0 Å². The van der Waals surface area contributed by atoms with Gasteiger partial charge in [-0.25, -0.2) is 17.9 Å². The molecule has 1 atom stereocenters. The smallest absolute Gasteiger partial charge is 0.338 e. The van der Waals surface area contributed by atoms with Gasteiger partial charge in [0, 0.05) is 12.1 Å². The summed E-state index contributed by atoms with van der Waals surface area (Å²) in [5, 5.41) is 2.73. The Bertz CT molecular complexity index is 802. The number of esters is 1. The molecule has 1 aromatic rings. The number of hydrogen-bond acceptors (Lipinski definition) is 6. The molecule has 0 heterocycles. The van der Waals surface area contributed by atoms with Gasteiger partial charge in [-0.05, 0) is 43.9 Å². The highest BCUT2D eigenvalue weighted by Crippen LogP contribution is 2.28. The normalized spacial score (nSPS) is 15.3. The van der Waals surface area contributed by atoms with Crippen molar-refractivity contribution in [1.29, 1.82) is 0 Å². The summed E-state index contributed by atoms with van der Waals surface area (Å²) >= 11 is 0. The maximum absolute atomic E-state index is 12.5. The van der Waals surface area contributed by atoms with Crippen molar-refractivity contribution in [2.45, 2.75) is 50.6 Å². The Balaban J connectivity index is 2.08. The summed E-state index contributed by atoms with van der Waals surface area (Å²) in [6.07, 6.45) is 1.57. The second-order valence-corrected chi connectivity index (χ2v) is 8.62. The number of nitrogens with one attached hydrogen (secondary N) is 2. The molecule has 0 spiro atoms. The van der Waals surface area contributed by atoms with Gasteiger partial charge in [-0.2, -0.15) is 0 Å². The van der Waals surface area contributed by atoms with Crippen LogP contribution in [0.3, 0.4) is 0 Å². The first-order valence-electron chi connectivity index (χ1n) is 8.81. The van der Waals surface area contributed by atoms with Crippen molar-refractivity contribution in [3.05, 3.63) is 23.8 Å². The molecule has 1 aromatic carbocycles. The molecule has 1 aliphatic rings. The standard InChI is InChI=1S/C18H26N2O6S/c1-11(2)12(3)19-17(21)10-26-18(22)13-5-8-15(25-4)16(9-13)27(23,24)20-14-6-7-14/h5,8-9,11-12,14,20H,6-7,10H2,1-4H3,(H,19,21). The first kappa shape index (κ1) is 21.2. The summed E-state index contributed by atoms with van der Waals surface area (Å²) < 4.78 is 37.6. The van der Waals surface area contributed by atoms with E-state index in [9.17, 15) is 18.0 Å². The first-order valence-corrected chi connectivity index (χ1v) is 10.3. The minimum absolute atomic E-state index is 0.0247. The molecule has 0 aliphatic heterocycles. The molecule has 0 saturated heterocycles. The lowest BCUT2D eigenvalue weighted by Crippen LogP contribution is -2.38. The van der Waals surface area contributed by atoms with Crippen molar-refractivity contribution in [2.24, 2.45) is 5.92 Å². The highest BCUT2D eigenvalue weighted by atomic mass is 32.2. The van der Waals surface area contributed by atoms with E-state index in [4.69, 9.17) is 9.47 Å². The van der Waals surface area contributed by atoms with Crippen LogP contribution in [0.25, 0.3) is 0 Å². The SMILES string of the molecule is COc1ccc(C(=O)OCC(=O)NC(C)C(C)C)cc1S(=O)(=O)NC1CC1. The van der Waals surface area contributed by atoms with Crippen LogP contribution in [-0.4, -0.2) is 46.1 Å². The van der Waals surface area contributed by atoms with E-state index in [2.05, 4.69) is 10.0 Å². The van der Waals surface area contributed by atoms with Crippen molar-refractivity contribution >= 4 is 21.9 Å². The summed E-state index contributed by atoms with van der Waals surface area (Å²) in [6, 6.07) is 3.84. The van der Waals surface area contributed by atoms with E-state index in [1.807, 2.05) is 20.8 Å². The number of sulfonamides is 1. The molecule has 1 amide bonds. The molecule has 9 heteroatoms. The monoisotopic (exact) mass is 398 g/mol. The molecular weight excluding hydrogens is 372 g/mol. The fourth-order valence-electron chi connectivity index (χ4n) is 2.17. The number of methoxy groups -OCH3 is 1. The zero-order chi connectivity index (χ0) is 20.2. The van der Waals surface area contributed by atoms with Gasteiger partial charge in [-0.3, -0.25) is 4.79 Å². The molecule has 1 saturated carbocycles. The Morgan fingerprint density at radius 2 is 1.89 bits per heavy atom. The predicted molar refractivity (Wildman–Crippen MR) is 99.1 cm³/mol. The third-order valence-electron chi connectivity index (χ3n) is 4.31. The minimum atomic E-state index is -3.81. The zero-order valence-electron chi connectivity index (χ0n) is 15.9. The van der Waals surface area contributed by atoms with Crippen LogP contribution in [0.1, 0.15) is 44.0 Å². The van der Waals surface area contributed by atoms with E-state index in [1.165, 1.54) is 25.3 Å². The highest BCUT2D eigenvalue weighted by Gasteiger charge is 2.30. The van der Waals surface area contributed by atoms with Crippen LogP contribution >= 0.6 is 0 Å². The van der Waals surface area contributed by atoms with Gasteiger partial charge in [0.25, 0.3) is 5.91 Å². The number of amides is 1. The maximum Gasteiger partial charge on any atom is 0.338 e. The summed E-state index contributed by atoms with van der Waals surface area (Å²) in [5.41, 5.74) is 0.0247.